The number of rotatable bonds is 2. The molecular formula is C12H12N2O4. The minimum Gasteiger partial charge on any atom is -0.274 e. The van der Waals surface area contributed by atoms with Gasteiger partial charge in [-0.15, -0.1) is 0 Å². The molecule has 0 bridgehead atoms. The lowest BCUT2D eigenvalue weighted by molar-refractivity contribution is -0.384. The summed E-state index contributed by atoms with van der Waals surface area (Å²) in [4.78, 5) is 34.8. The van der Waals surface area contributed by atoms with Gasteiger partial charge in [-0.05, 0) is 25.0 Å². The summed E-state index contributed by atoms with van der Waals surface area (Å²) in [6.45, 7) is 0. The van der Waals surface area contributed by atoms with Crippen molar-refractivity contribution in [1.82, 2.24) is 0 Å². The summed E-state index contributed by atoms with van der Waals surface area (Å²) < 4.78 is 0. The van der Waals surface area contributed by atoms with Gasteiger partial charge in [0.05, 0.1) is 10.6 Å². The van der Waals surface area contributed by atoms with E-state index >= 15 is 0 Å². The number of amides is 2. The lowest BCUT2D eigenvalue weighted by Crippen LogP contribution is -2.34. The van der Waals surface area contributed by atoms with Crippen LogP contribution in [0.3, 0.4) is 0 Å². The molecule has 1 aliphatic heterocycles. The second kappa shape index (κ2) is 4.95. The molecule has 6 nitrogen and oxygen atoms in total. The zero-order chi connectivity index (χ0) is 13.1. The average Bonchev–Trinajstić information content (AvgIpc) is 2.51. The molecule has 0 N–H and O–H groups in total. The maximum absolute atomic E-state index is 11.8. The van der Waals surface area contributed by atoms with Crippen molar-refractivity contribution in [3.63, 3.8) is 0 Å². The smallest absolute Gasteiger partial charge is 0.269 e. The van der Waals surface area contributed by atoms with Crippen molar-refractivity contribution in [2.24, 2.45) is 0 Å². The molecule has 2 rings (SSSR count). The van der Waals surface area contributed by atoms with Crippen LogP contribution in [0.4, 0.5) is 11.4 Å². The third kappa shape index (κ3) is 2.37. The van der Waals surface area contributed by atoms with E-state index in [0.29, 0.717) is 31.4 Å². The molecule has 1 aromatic carbocycles. The summed E-state index contributed by atoms with van der Waals surface area (Å²) >= 11 is 0. The normalized spacial score (nSPS) is 16.6. The summed E-state index contributed by atoms with van der Waals surface area (Å²) in [7, 11) is 0. The number of nitrogens with zero attached hydrogens (tertiary/aromatic N) is 2. The van der Waals surface area contributed by atoms with Crippen LogP contribution in [0.1, 0.15) is 25.7 Å². The van der Waals surface area contributed by atoms with Crippen LogP contribution < -0.4 is 4.90 Å². The van der Waals surface area contributed by atoms with E-state index in [2.05, 4.69) is 0 Å². The third-order valence-corrected chi connectivity index (χ3v) is 2.85. The van der Waals surface area contributed by atoms with E-state index in [0.717, 1.165) is 4.90 Å². The number of nitro benzene ring substituents is 1. The van der Waals surface area contributed by atoms with E-state index in [1.54, 1.807) is 0 Å². The van der Waals surface area contributed by atoms with E-state index < -0.39 is 4.92 Å². The molecule has 1 heterocycles. The van der Waals surface area contributed by atoms with Crippen LogP contribution in [0, 0.1) is 10.1 Å². The standard InChI is InChI=1S/C12H12N2O4/c15-11-3-1-2-4-12(16)13(11)9-5-7-10(8-6-9)14(17)18/h5-8H,1-4H2. The Bertz CT molecular complexity index is 477. The molecule has 0 aromatic heterocycles. The first-order valence-electron chi connectivity index (χ1n) is 5.70. The van der Waals surface area contributed by atoms with Gasteiger partial charge in [-0.2, -0.15) is 0 Å². The molecule has 0 radical (unpaired) electrons. The van der Waals surface area contributed by atoms with Gasteiger partial charge in [0.2, 0.25) is 11.8 Å². The lowest BCUT2D eigenvalue weighted by atomic mass is 10.2. The molecule has 2 amide bonds. The largest absolute Gasteiger partial charge is 0.274 e. The van der Waals surface area contributed by atoms with Crippen molar-refractivity contribution in [3.05, 3.63) is 34.4 Å². The summed E-state index contributed by atoms with van der Waals surface area (Å²) in [6, 6.07) is 5.44. The molecular weight excluding hydrogens is 236 g/mol. The number of imide groups is 1. The van der Waals surface area contributed by atoms with Crippen molar-refractivity contribution in [3.8, 4) is 0 Å². The average molecular weight is 248 g/mol. The third-order valence-electron chi connectivity index (χ3n) is 2.85. The molecule has 0 atom stereocenters. The number of hydrogen-bond acceptors (Lipinski definition) is 4. The minimum absolute atomic E-state index is 0.0616. The Hall–Kier alpha value is -2.24. The number of benzene rings is 1. The van der Waals surface area contributed by atoms with Gasteiger partial charge < -0.3 is 0 Å². The van der Waals surface area contributed by atoms with Crippen molar-refractivity contribution >= 4 is 23.2 Å². The first-order chi connectivity index (χ1) is 8.59. The van der Waals surface area contributed by atoms with Crippen molar-refractivity contribution < 1.29 is 14.5 Å². The molecule has 1 aromatic rings. The zero-order valence-electron chi connectivity index (χ0n) is 9.67. The molecule has 94 valence electrons. The van der Waals surface area contributed by atoms with Gasteiger partial charge in [0.1, 0.15) is 0 Å². The molecule has 0 spiro atoms. The number of hydrogen-bond donors (Lipinski definition) is 0. The van der Waals surface area contributed by atoms with Crippen LogP contribution in [0.25, 0.3) is 0 Å². The summed E-state index contributed by atoms with van der Waals surface area (Å²) in [6.07, 6.45) is 2.08. The number of non-ortho nitro benzene ring substituents is 1. The van der Waals surface area contributed by atoms with E-state index in [4.69, 9.17) is 0 Å². The fourth-order valence-electron chi connectivity index (χ4n) is 1.93. The molecule has 0 unspecified atom stereocenters. The minimum atomic E-state index is -0.518. The van der Waals surface area contributed by atoms with Crippen LogP contribution in [0.2, 0.25) is 0 Å². The van der Waals surface area contributed by atoms with E-state index in [1.165, 1.54) is 24.3 Å². The highest BCUT2D eigenvalue weighted by Gasteiger charge is 2.25. The Kier molecular flexibility index (Phi) is 3.36. The molecule has 1 saturated heterocycles. The lowest BCUT2D eigenvalue weighted by Gasteiger charge is -2.18. The quantitative estimate of drug-likeness (QED) is 0.455. The van der Waals surface area contributed by atoms with Crippen LogP contribution in [-0.4, -0.2) is 16.7 Å². The number of anilines is 1. The second-order valence-electron chi connectivity index (χ2n) is 4.10. The predicted molar refractivity (Wildman–Crippen MR) is 64.1 cm³/mol. The fourth-order valence-corrected chi connectivity index (χ4v) is 1.93. The highest BCUT2D eigenvalue weighted by Crippen LogP contribution is 2.23. The Morgan fingerprint density at radius 2 is 1.50 bits per heavy atom. The number of carbonyl (C=O) groups is 2. The molecule has 0 saturated carbocycles. The van der Waals surface area contributed by atoms with Gasteiger partial charge >= 0.3 is 0 Å². The SMILES string of the molecule is O=C1CCCCC(=O)N1c1ccc([N+](=O)[O-])cc1. The van der Waals surface area contributed by atoms with E-state index in [-0.39, 0.29) is 17.5 Å². The van der Waals surface area contributed by atoms with Crippen molar-refractivity contribution in [2.45, 2.75) is 25.7 Å². The van der Waals surface area contributed by atoms with Crippen molar-refractivity contribution in [2.75, 3.05) is 4.90 Å². The highest BCUT2D eigenvalue weighted by atomic mass is 16.6. The Morgan fingerprint density at radius 1 is 1.00 bits per heavy atom. The predicted octanol–water partition coefficient (Wildman–Crippen LogP) is 2.03. The van der Waals surface area contributed by atoms with Gasteiger partial charge in [-0.1, -0.05) is 0 Å². The Balaban J connectivity index is 2.30. The fraction of sp³-hybridized carbons (Fsp3) is 0.333. The summed E-state index contributed by atoms with van der Waals surface area (Å²) in [5, 5.41) is 10.5. The first-order valence-corrected chi connectivity index (χ1v) is 5.70. The molecule has 6 heteroatoms. The van der Waals surface area contributed by atoms with Gasteiger partial charge in [-0.3, -0.25) is 24.6 Å². The van der Waals surface area contributed by atoms with Crippen molar-refractivity contribution in [1.29, 1.82) is 0 Å². The Morgan fingerprint density at radius 3 is 1.94 bits per heavy atom. The van der Waals surface area contributed by atoms with Crippen LogP contribution in [0.5, 0.6) is 0 Å². The van der Waals surface area contributed by atoms with E-state index in [9.17, 15) is 19.7 Å². The van der Waals surface area contributed by atoms with Crippen LogP contribution in [-0.2, 0) is 9.59 Å². The van der Waals surface area contributed by atoms with E-state index in [1.807, 2.05) is 0 Å². The molecule has 1 aliphatic rings. The summed E-state index contributed by atoms with van der Waals surface area (Å²) in [5.74, 6) is -0.488. The number of nitro groups is 1. The number of carbonyl (C=O) groups excluding carboxylic acids is 2. The van der Waals surface area contributed by atoms with Crippen LogP contribution >= 0.6 is 0 Å². The van der Waals surface area contributed by atoms with Gasteiger partial charge in [0, 0.05) is 25.0 Å². The Labute approximate surface area is 103 Å². The second-order valence-corrected chi connectivity index (χ2v) is 4.10. The molecule has 1 fully saturated rings. The maximum Gasteiger partial charge on any atom is 0.269 e. The summed E-state index contributed by atoms with van der Waals surface area (Å²) in [5.41, 5.74) is 0.339. The highest BCUT2D eigenvalue weighted by molar-refractivity contribution is 6.15. The molecule has 0 aliphatic carbocycles. The monoisotopic (exact) mass is 248 g/mol. The van der Waals surface area contributed by atoms with Gasteiger partial charge in [-0.25, -0.2) is 0 Å². The topological polar surface area (TPSA) is 80.5 Å². The zero-order valence-corrected chi connectivity index (χ0v) is 9.67. The van der Waals surface area contributed by atoms with Gasteiger partial charge in [0.25, 0.3) is 5.69 Å². The van der Waals surface area contributed by atoms with Gasteiger partial charge in [0.15, 0.2) is 0 Å². The maximum atomic E-state index is 11.8. The first kappa shape index (κ1) is 12.2. The van der Waals surface area contributed by atoms with Crippen LogP contribution in [0.15, 0.2) is 24.3 Å². The molecule has 18 heavy (non-hydrogen) atoms.